The number of ether oxygens (including phenoxy) is 1. The van der Waals surface area contributed by atoms with Gasteiger partial charge in [-0.25, -0.2) is 0 Å². The van der Waals surface area contributed by atoms with Crippen LogP contribution < -0.4 is 4.90 Å². The van der Waals surface area contributed by atoms with Crippen molar-refractivity contribution in [1.29, 1.82) is 0 Å². The number of aryl methyl sites for hydroxylation is 2. The van der Waals surface area contributed by atoms with Gasteiger partial charge in [0.2, 0.25) is 0 Å². The van der Waals surface area contributed by atoms with Crippen LogP contribution in [0, 0.1) is 12.3 Å². The Morgan fingerprint density at radius 1 is 1.21 bits per heavy atom. The van der Waals surface area contributed by atoms with Crippen molar-refractivity contribution in [2.45, 2.75) is 40.5 Å². The molecule has 0 aromatic carbocycles. The quantitative estimate of drug-likeness (QED) is 0.823. The molecule has 2 rings (SSSR count). The molecule has 0 radical (unpaired) electrons. The summed E-state index contributed by atoms with van der Waals surface area (Å²) >= 11 is 0. The average Bonchev–Trinajstić information content (AvgIpc) is 2.52. The SMILES string of the molecule is Cc1nn(C)c(N2CCCOCC2)c1CC(C)(C)C. The van der Waals surface area contributed by atoms with E-state index in [1.807, 2.05) is 4.68 Å². The van der Waals surface area contributed by atoms with Crippen LogP contribution in [0.2, 0.25) is 0 Å². The molecule has 1 saturated heterocycles. The van der Waals surface area contributed by atoms with Gasteiger partial charge in [0.15, 0.2) is 0 Å². The minimum atomic E-state index is 0.283. The van der Waals surface area contributed by atoms with Crippen LogP contribution >= 0.6 is 0 Å². The van der Waals surface area contributed by atoms with E-state index in [9.17, 15) is 0 Å². The number of rotatable bonds is 2. The zero-order valence-electron chi connectivity index (χ0n) is 13.0. The predicted molar refractivity (Wildman–Crippen MR) is 78.8 cm³/mol. The first-order chi connectivity index (χ1) is 8.88. The van der Waals surface area contributed by atoms with E-state index in [1.165, 1.54) is 11.4 Å². The fraction of sp³-hybridized carbons (Fsp3) is 0.800. The minimum Gasteiger partial charge on any atom is -0.380 e. The first-order valence-electron chi connectivity index (χ1n) is 7.23. The Labute approximate surface area is 116 Å². The van der Waals surface area contributed by atoms with Crippen molar-refractivity contribution in [3.8, 4) is 0 Å². The van der Waals surface area contributed by atoms with E-state index >= 15 is 0 Å². The number of anilines is 1. The summed E-state index contributed by atoms with van der Waals surface area (Å²) in [6.07, 6.45) is 2.17. The topological polar surface area (TPSA) is 30.3 Å². The second-order valence-corrected chi connectivity index (χ2v) is 6.70. The maximum atomic E-state index is 5.56. The summed E-state index contributed by atoms with van der Waals surface area (Å²) in [4.78, 5) is 2.44. The molecule has 108 valence electrons. The number of aromatic nitrogens is 2. The van der Waals surface area contributed by atoms with Gasteiger partial charge in [-0.2, -0.15) is 5.10 Å². The Hall–Kier alpha value is -1.03. The Balaban J connectivity index is 2.32. The van der Waals surface area contributed by atoms with Crippen molar-refractivity contribution in [2.75, 3.05) is 31.2 Å². The van der Waals surface area contributed by atoms with Gasteiger partial charge in [-0.05, 0) is 25.2 Å². The van der Waals surface area contributed by atoms with E-state index in [2.05, 4.69) is 44.7 Å². The Morgan fingerprint density at radius 3 is 2.63 bits per heavy atom. The summed E-state index contributed by atoms with van der Waals surface area (Å²) < 4.78 is 7.61. The van der Waals surface area contributed by atoms with Gasteiger partial charge >= 0.3 is 0 Å². The fourth-order valence-electron chi connectivity index (χ4n) is 2.78. The third kappa shape index (κ3) is 3.50. The zero-order valence-corrected chi connectivity index (χ0v) is 13.0. The highest BCUT2D eigenvalue weighted by Crippen LogP contribution is 2.30. The minimum absolute atomic E-state index is 0.283. The normalized spacial score (nSPS) is 17.6. The third-order valence-corrected chi connectivity index (χ3v) is 3.54. The fourth-order valence-corrected chi connectivity index (χ4v) is 2.78. The van der Waals surface area contributed by atoms with Crippen LogP contribution in [0.3, 0.4) is 0 Å². The van der Waals surface area contributed by atoms with E-state index in [1.54, 1.807) is 0 Å². The zero-order chi connectivity index (χ0) is 14.0. The second-order valence-electron chi connectivity index (χ2n) is 6.70. The molecule has 0 N–H and O–H groups in total. The molecule has 1 aliphatic rings. The molecule has 0 saturated carbocycles. The summed E-state index contributed by atoms with van der Waals surface area (Å²) in [6, 6.07) is 0. The van der Waals surface area contributed by atoms with E-state index in [0.717, 1.165) is 44.8 Å². The molecule has 1 fully saturated rings. The van der Waals surface area contributed by atoms with Crippen LogP contribution in [-0.2, 0) is 18.2 Å². The second kappa shape index (κ2) is 5.53. The lowest BCUT2D eigenvalue weighted by molar-refractivity contribution is 0.152. The van der Waals surface area contributed by atoms with Crippen molar-refractivity contribution in [3.05, 3.63) is 11.3 Å². The summed E-state index contributed by atoms with van der Waals surface area (Å²) in [6.45, 7) is 12.7. The lowest BCUT2D eigenvalue weighted by Gasteiger charge is -2.26. The van der Waals surface area contributed by atoms with Crippen molar-refractivity contribution < 1.29 is 4.74 Å². The smallest absolute Gasteiger partial charge is 0.130 e. The van der Waals surface area contributed by atoms with Crippen LogP contribution in [0.5, 0.6) is 0 Å². The van der Waals surface area contributed by atoms with Gasteiger partial charge in [0.1, 0.15) is 5.82 Å². The van der Waals surface area contributed by atoms with Crippen molar-refractivity contribution in [3.63, 3.8) is 0 Å². The average molecular weight is 265 g/mol. The van der Waals surface area contributed by atoms with Crippen LogP contribution in [0.25, 0.3) is 0 Å². The van der Waals surface area contributed by atoms with E-state index < -0.39 is 0 Å². The van der Waals surface area contributed by atoms with E-state index in [4.69, 9.17) is 4.74 Å². The summed E-state index contributed by atoms with van der Waals surface area (Å²) in [5.41, 5.74) is 2.85. The van der Waals surface area contributed by atoms with E-state index in [-0.39, 0.29) is 5.41 Å². The lowest BCUT2D eigenvalue weighted by atomic mass is 9.88. The molecule has 4 heteroatoms. The van der Waals surface area contributed by atoms with Gasteiger partial charge in [-0.3, -0.25) is 4.68 Å². The highest BCUT2D eigenvalue weighted by molar-refractivity contribution is 5.50. The van der Waals surface area contributed by atoms with Gasteiger partial charge in [0.25, 0.3) is 0 Å². The molecular weight excluding hydrogens is 238 g/mol. The van der Waals surface area contributed by atoms with Crippen LogP contribution in [0.15, 0.2) is 0 Å². The van der Waals surface area contributed by atoms with Crippen LogP contribution in [0.1, 0.15) is 38.4 Å². The first-order valence-corrected chi connectivity index (χ1v) is 7.23. The molecular formula is C15H27N3O. The number of hydrogen-bond donors (Lipinski definition) is 0. The Bertz CT molecular complexity index is 423. The van der Waals surface area contributed by atoms with Gasteiger partial charge in [-0.15, -0.1) is 0 Å². The van der Waals surface area contributed by atoms with Crippen molar-refractivity contribution in [1.82, 2.24) is 9.78 Å². The molecule has 0 bridgehead atoms. The molecule has 0 unspecified atom stereocenters. The highest BCUT2D eigenvalue weighted by Gasteiger charge is 2.24. The third-order valence-electron chi connectivity index (χ3n) is 3.54. The Morgan fingerprint density at radius 2 is 1.95 bits per heavy atom. The van der Waals surface area contributed by atoms with E-state index in [0.29, 0.717) is 0 Å². The lowest BCUT2D eigenvalue weighted by Crippen LogP contribution is -2.29. The molecule has 19 heavy (non-hydrogen) atoms. The predicted octanol–water partition coefficient (Wildman–Crippen LogP) is 2.54. The van der Waals surface area contributed by atoms with Crippen LogP contribution in [0.4, 0.5) is 5.82 Å². The summed E-state index contributed by atoms with van der Waals surface area (Å²) in [5.74, 6) is 1.29. The van der Waals surface area contributed by atoms with Crippen molar-refractivity contribution >= 4 is 5.82 Å². The highest BCUT2D eigenvalue weighted by atomic mass is 16.5. The molecule has 0 amide bonds. The van der Waals surface area contributed by atoms with Gasteiger partial charge in [-0.1, -0.05) is 20.8 Å². The van der Waals surface area contributed by atoms with Crippen molar-refractivity contribution in [2.24, 2.45) is 12.5 Å². The first kappa shape index (κ1) is 14.4. The maximum Gasteiger partial charge on any atom is 0.130 e. The summed E-state index contributed by atoms with van der Waals surface area (Å²) in [5, 5.41) is 4.64. The standard InChI is InChI=1S/C15H27N3O/c1-12-13(11-15(2,3)4)14(17(5)16-12)18-7-6-9-19-10-8-18/h6-11H2,1-5H3. The molecule has 0 spiro atoms. The Kier molecular flexibility index (Phi) is 4.19. The molecule has 0 atom stereocenters. The molecule has 1 aromatic heterocycles. The molecule has 4 nitrogen and oxygen atoms in total. The molecule has 0 aliphatic carbocycles. The molecule has 1 aliphatic heterocycles. The number of hydrogen-bond acceptors (Lipinski definition) is 3. The van der Waals surface area contributed by atoms with Gasteiger partial charge < -0.3 is 9.64 Å². The molecule has 1 aromatic rings. The molecule has 2 heterocycles. The summed E-state index contributed by atoms with van der Waals surface area (Å²) in [7, 11) is 2.06. The van der Waals surface area contributed by atoms with Crippen LogP contribution in [-0.4, -0.2) is 36.1 Å². The monoisotopic (exact) mass is 265 g/mol. The van der Waals surface area contributed by atoms with Gasteiger partial charge in [0, 0.05) is 32.3 Å². The number of nitrogens with zero attached hydrogens (tertiary/aromatic N) is 3. The largest absolute Gasteiger partial charge is 0.380 e. The van der Waals surface area contributed by atoms with Gasteiger partial charge in [0.05, 0.1) is 12.3 Å². The maximum absolute atomic E-state index is 5.56.